The van der Waals surface area contributed by atoms with Crippen molar-refractivity contribution in [2.24, 2.45) is 5.10 Å². The summed E-state index contributed by atoms with van der Waals surface area (Å²) in [4.78, 5) is 23.1. The number of rotatable bonds is 8. The zero-order chi connectivity index (χ0) is 20.0. The number of aromatic nitrogens is 3. The van der Waals surface area contributed by atoms with Gasteiger partial charge in [0, 0.05) is 6.42 Å². The first kappa shape index (κ1) is 20.3. The van der Waals surface area contributed by atoms with E-state index in [0.717, 1.165) is 4.68 Å². The van der Waals surface area contributed by atoms with Gasteiger partial charge in [0.05, 0.1) is 25.8 Å². The van der Waals surface area contributed by atoms with Gasteiger partial charge in [0.2, 0.25) is 4.77 Å². The second-order valence-corrected chi connectivity index (χ2v) is 6.19. The number of hydrogen-bond acceptors (Lipinski definition) is 7. The molecule has 0 saturated carbocycles. The molecule has 0 aliphatic heterocycles. The molecule has 0 aliphatic rings. The Hall–Kier alpha value is -3.01. The molecular weight excluding hydrogens is 372 g/mol. The van der Waals surface area contributed by atoms with Gasteiger partial charge < -0.3 is 14.6 Å². The van der Waals surface area contributed by atoms with Crippen molar-refractivity contribution in [2.75, 3.05) is 7.11 Å². The lowest BCUT2D eigenvalue weighted by molar-refractivity contribution is -0.136. The highest BCUT2D eigenvalue weighted by Gasteiger charge is 2.10. The molecule has 1 aromatic carbocycles. The first-order valence-corrected chi connectivity index (χ1v) is 8.54. The molecular formula is C17H20N4O5S. The van der Waals surface area contributed by atoms with Crippen molar-refractivity contribution < 1.29 is 19.4 Å². The monoisotopic (exact) mass is 392 g/mol. The maximum atomic E-state index is 12.4. The topological polar surface area (TPSA) is 119 Å². The molecule has 0 amide bonds. The maximum absolute atomic E-state index is 12.4. The van der Waals surface area contributed by atoms with Gasteiger partial charge in [0.1, 0.15) is 5.69 Å². The van der Waals surface area contributed by atoms with Gasteiger partial charge >= 0.3 is 5.97 Å². The number of nitrogens with zero attached hydrogens (tertiary/aromatic N) is 3. The van der Waals surface area contributed by atoms with Crippen molar-refractivity contribution in [3.05, 3.63) is 44.6 Å². The van der Waals surface area contributed by atoms with E-state index >= 15 is 0 Å². The first-order valence-electron chi connectivity index (χ1n) is 8.13. The number of carboxylic acids is 1. The number of benzene rings is 1. The summed E-state index contributed by atoms with van der Waals surface area (Å²) in [7, 11) is 1.53. The molecule has 1 aromatic heterocycles. The van der Waals surface area contributed by atoms with Crippen LogP contribution in [0.4, 0.5) is 0 Å². The summed E-state index contributed by atoms with van der Waals surface area (Å²) in [5, 5.41) is 19.1. The van der Waals surface area contributed by atoms with Crippen LogP contribution in [0.1, 0.15) is 31.5 Å². The van der Waals surface area contributed by atoms with Gasteiger partial charge in [0.25, 0.3) is 5.56 Å². The number of hydrogen-bond donors (Lipinski definition) is 2. The highest BCUT2D eigenvalue weighted by Crippen LogP contribution is 2.28. The zero-order valence-corrected chi connectivity index (χ0v) is 15.9. The minimum atomic E-state index is -1.02. The molecule has 144 valence electrons. The third-order valence-electron chi connectivity index (χ3n) is 3.37. The van der Waals surface area contributed by atoms with Crippen LogP contribution >= 0.6 is 12.2 Å². The molecule has 0 radical (unpaired) electrons. The van der Waals surface area contributed by atoms with Crippen LogP contribution in [0, 0.1) is 4.77 Å². The van der Waals surface area contributed by atoms with Crippen LogP contribution in [-0.2, 0) is 11.2 Å². The van der Waals surface area contributed by atoms with E-state index in [1.54, 1.807) is 18.2 Å². The summed E-state index contributed by atoms with van der Waals surface area (Å²) in [5.74, 6) is 0.102. The number of H-pyrrole nitrogens is 1. The molecule has 0 unspecified atom stereocenters. The molecule has 0 aliphatic carbocycles. The molecule has 9 nitrogen and oxygen atoms in total. The van der Waals surface area contributed by atoms with E-state index in [1.807, 2.05) is 13.8 Å². The molecule has 2 aromatic rings. The molecule has 0 fully saturated rings. The third kappa shape index (κ3) is 5.48. The van der Waals surface area contributed by atoms with Gasteiger partial charge in [-0.3, -0.25) is 14.7 Å². The summed E-state index contributed by atoms with van der Waals surface area (Å²) in [6.45, 7) is 3.82. The van der Waals surface area contributed by atoms with Gasteiger partial charge in [0.15, 0.2) is 11.5 Å². The maximum Gasteiger partial charge on any atom is 0.303 e. The fourth-order valence-electron chi connectivity index (χ4n) is 2.16. The van der Waals surface area contributed by atoms with Crippen LogP contribution < -0.4 is 15.0 Å². The Kier molecular flexibility index (Phi) is 6.83. The third-order valence-corrected chi connectivity index (χ3v) is 3.63. The SMILES string of the molecule is COc1cc(/C=N\n2c(=S)[nH]nc(CCC(=O)O)c2=O)ccc1OC(C)C. The van der Waals surface area contributed by atoms with E-state index in [-0.39, 0.29) is 29.4 Å². The van der Waals surface area contributed by atoms with E-state index < -0.39 is 11.5 Å². The number of aryl methyl sites for hydroxylation is 1. The van der Waals surface area contributed by atoms with Crippen molar-refractivity contribution in [2.45, 2.75) is 32.8 Å². The van der Waals surface area contributed by atoms with Gasteiger partial charge in [-0.25, -0.2) is 0 Å². The molecule has 27 heavy (non-hydrogen) atoms. The van der Waals surface area contributed by atoms with Crippen LogP contribution in [0.15, 0.2) is 28.1 Å². The van der Waals surface area contributed by atoms with Gasteiger partial charge in [-0.15, -0.1) is 0 Å². The smallest absolute Gasteiger partial charge is 0.303 e. The van der Waals surface area contributed by atoms with Crippen LogP contribution in [0.5, 0.6) is 11.5 Å². The second-order valence-electron chi connectivity index (χ2n) is 5.81. The van der Waals surface area contributed by atoms with E-state index in [2.05, 4.69) is 15.3 Å². The summed E-state index contributed by atoms with van der Waals surface area (Å²) in [5.41, 5.74) is 0.137. The summed E-state index contributed by atoms with van der Waals surface area (Å²) in [6, 6.07) is 5.22. The lowest BCUT2D eigenvalue weighted by atomic mass is 10.2. The highest BCUT2D eigenvalue weighted by atomic mass is 32.1. The van der Waals surface area contributed by atoms with E-state index in [0.29, 0.717) is 17.1 Å². The first-order chi connectivity index (χ1) is 12.8. The normalized spacial score (nSPS) is 11.1. The number of carbonyl (C=O) groups is 1. The summed E-state index contributed by atoms with van der Waals surface area (Å²) >= 11 is 5.04. The molecule has 0 spiro atoms. The lowest BCUT2D eigenvalue weighted by Crippen LogP contribution is -2.25. The van der Waals surface area contributed by atoms with Crippen molar-refractivity contribution in [3.8, 4) is 11.5 Å². The molecule has 0 saturated heterocycles. The average molecular weight is 392 g/mol. The standard InChI is InChI=1S/C17H20N4O5S/c1-10(2)26-13-6-4-11(8-14(13)25-3)9-18-21-16(24)12(5-7-15(22)23)19-20-17(21)27/h4,6,8-10H,5,7H2,1-3H3,(H,20,27)(H,22,23)/b18-9-. The zero-order valence-electron chi connectivity index (χ0n) is 15.1. The predicted molar refractivity (Wildman–Crippen MR) is 101 cm³/mol. The minimum absolute atomic E-state index is 0.00190. The number of methoxy groups -OCH3 is 1. The molecule has 2 rings (SSSR count). The fourth-order valence-corrected chi connectivity index (χ4v) is 2.33. The predicted octanol–water partition coefficient (Wildman–Crippen LogP) is 2.00. The van der Waals surface area contributed by atoms with Gasteiger partial charge in [-0.05, 0) is 49.8 Å². The Bertz CT molecular complexity index is 965. The average Bonchev–Trinajstić information content (AvgIpc) is 2.61. The second kappa shape index (κ2) is 9.08. The van der Waals surface area contributed by atoms with Crippen LogP contribution in [0.2, 0.25) is 0 Å². The molecule has 0 atom stereocenters. The molecule has 2 N–H and O–H groups in total. The lowest BCUT2D eigenvalue weighted by Gasteiger charge is -2.13. The Morgan fingerprint density at radius 3 is 2.81 bits per heavy atom. The van der Waals surface area contributed by atoms with Crippen LogP contribution in [0.25, 0.3) is 0 Å². The fraction of sp³-hybridized carbons (Fsp3) is 0.353. The highest BCUT2D eigenvalue weighted by molar-refractivity contribution is 7.71. The van der Waals surface area contributed by atoms with E-state index in [1.165, 1.54) is 13.3 Å². The van der Waals surface area contributed by atoms with Crippen molar-refractivity contribution in [1.82, 2.24) is 14.9 Å². The van der Waals surface area contributed by atoms with Crippen LogP contribution in [0.3, 0.4) is 0 Å². The Morgan fingerprint density at radius 1 is 1.44 bits per heavy atom. The Balaban J connectivity index is 2.32. The summed E-state index contributed by atoms with van der Waals surface area (Å²) in [6.07, 6.45) is 1.19. The Labute approximate surface area is 160 Å². The van der Waals surface area contributed by atoms with E-state index in [4.69, 9.17) is 26.8 Å². The van der Waals surface area contributed by atoms with E-state index in [9.17, 15) is 9.59 Å². The molecule has 1 heterocycles. The van der Waals surface area contributed by atoms with Crippen molar-refractivity contribution in [1.29, 1.82) is 0 Å². The van der Waals surface area contributed by atoms with Crippen molar-refractivity contribution >= 4 is 24.4 Å². The van der Waals surface area contributed by atoms with Gasteiger partial charge in [-0.1, -0.05) is 0 Å². The number of nitrogens with one attached hydrogen (secondary N) is 1. The van der Waals surface area contributed by atoms with Crippen molar-refractivity contribution in [3.63, 3.8) is 0 Å². The quantitative estimate of drug-likeness (QED) is 0.521. The number of aliphatic carboxylic acids is 1. The summed E-state index contributed by atoms with van der Waals surface area (Å²) < 4.78 is 11.9. The largest absolute Gasteiger partial charge is 0.493 e. The number of aromatic amines is 1. The minimum Gasteiger partial charge on any atom is -0.493 e. The number of carboxylic acid groups (broad SMARTS) is 1. The molecule has 0 bridgehead atoms. The van der Waals surface area contributed by atoms with Gasteiger partial charge in [-0.2, -0.15) is 14.9 Å². The van der Waals surface area contributed by atoms with Crippen LogP contribution in [-0.4, -0.2) is 45.4 Å². The Morgan fingerprint density at radius 2 is 2.19 bits per heavy atom. The molecule has 10 heteroatoms. The number of ether oxygens (including phenoxy) is 2.